The second kappa shape index (κ2) is 8.87. The number of benzene rings is 2. The largest absolute Gasteiger partial charge is 0.489 e. The molecule has 4 rings (SSSR count). The SMILES string of the molecule is Cc1ccccc1Cn1nc(NC(=O)c2noc(C)c2COc2ccccc2)cc1C. The molecule has 0 atom stereocenters. The average Bonchev–Trinajstić information content (AvgIpc) is 3.30. The number of amides is 1. The minimum Gasteiger partial charge on any atom is -0.489 e. The molecule has 0 fully saturated rings. The Morgan fingerprint density at radius 1 is 1.06 bits per heavy atom. The van der Waals surface area contributed by atoms with Crippen molar-refractivity contribution < 1.29 is 14.1 Å². The highest BCUT2D eigenvalue weighted by atomic mass is 16.5. The first kappa shape index (κ1) is 20.4. The highest BCUT2D eigenvalue weighted by Gasteiger charge is 2.21. The number of anilines is 1. The first-order chi connectivity index (χ1) is 15.0. The lowest BCUT2D eigenvalue weighted by Gasteiger charge is -2.07. The molecule has 158 valence electrons. The average molecular weight is 416 g/mol. The molecule has 0 aliphatic carbocycles. The predicted molar refractivity (Wildman–Crippen MR) is 117 cm³/mol. The molecular weight excluding hydrogens is 392 g/mol. The van der Waals surface area contributed by atoms with Gasteiger partial charge in [-0.3, -0.25) is 9.48 Å². The Hall–Kier alpha value is -3.87. The minimum absolute atomic E-state index is 0.183. The van der Waals surface area contributed by atoms with Crippen LogP contribution in [0.25, 0.3) is 0 Å². The summed E-state index contributed by atoms with van der Waals surface area (Å²) < 4.78 is 12.9. The summed E-state index contributed by atoms with van der Waals surface area (Å²) in [5, 5.41) is 11.3. The first-order valence-corrected chi connectivity index (χ1v) is 10.0. The molecule has 0 aliphatic heterocycles. The smallest absolute Gasteiger partial charge is 0.279 e. The van der Waals surface area contributed by atoms with E-state index >= 15 is 0 Å². The van der Waals surface area contributed by atoms with Gasteiger partial charge in [0, 0.05) is 11.8 Å². The van der Waals surface area contributed by atoms with Crippen molar-refractivity contribution in [2.45, 2.75) is 33.9 Å². The fourth-order valence-electron chi connectivity index (χ4n) is 3.27. The number of hydrogen-bond donors (Lipinski definition) is 1. The Morgan fingerprint density at radius 3 is 2.58 bits per heavy atom. The fourth-order valence-corrected chi connectivity index (χ4v) is 3.27. The molecule has 2 heterocycles. The lowest BCUT2D eigenvalue weighted by Crippen LogP contribution is -2.16. The molecule has 0 saturated carbocycles. The van der Waals surface area contributed by atoms with E-state index in [1.54, 1.807) is 6.92 Å². The topological polar surface area (TPSA) is 82.2 Å². The van der Waals surface area contributed by atoms with Crippen LogP contribution in [0.3, 0.4) is 0 Å². The molecule has 0 saturated heterocycles. The number of carbonyl (C=O) groups is 1. The third-order valence-electron chi connectivity index (χ3n) is 5.13. The molecule has 0 radical (unpaired) electrons. The minimum atomic E-state index is -0.385. The molecule has 7 heteroatoms. The molecule has 31 heavy (non-hydrogen) atoms. The molecule has 0 unspecified atom stereocenters. The van der Waals surface area contributed by atoms with Gasteiger partial charge < -0.3 is 14.6 Å². The number of carbonyl (C=O) groups excluding carboxylic acids is 1. The van der Waals surface area contributed by atoms with Gasteiger partial charge in [0.15, 0.2) is 11.5 Å². The van der Waals surface area contributed by atoms with Crippen molar-refractivity contribution in [3.8, 4) is 5.75 Å². The summed E-state index contributed by atoms with van der Waals surface area (Å²) in [6.45, 7) is 6.61. The summed E-state index contributed by atoms with van der Waals surface area (Å²) in [6.07, 6.45) is 0. The Bertz CT molecular complexity index is 1190. The third kappa shape index (κ3) is 4.66. The van der Waals surface area contributed by atoms with Crippen molar-refractivity contribution in [2.75, 3.05) is 5.32 Å². The number of nitrogens with zero attached hydrogens (tertiary/aromatic N) is 3. The van der Waals surface area contributed by atoms with E-state index in [4.69, 9.17) is 9.26 Å². The van der Waals surface area contributed by atoms with Gasteiger partial charge in [-0.05, 0) is 44.0 Å². The van der Waals surface area contributed by atoms with Crippen LogP contribution in [0.1, 0.15) is 38.6 Å². The lowest BCUT2D eigenvalue weighted by molar-refractivity contribution is 0.101. The standard InChI is InChI=1S/C24H24N4O3/c1-16-9-7-8-10-19(16)14-28-17(2)13-22(26-28)25-24(29)23-21(18(3)31-27-23)15-30-20-11-5-4-6-12-20/h4-13H,14-15H2,1-3H3,(H,25,26,29). The normalized spacial score (nSPS) is 10.8. The van der Waals surface area contributed by atoms with Gasteiger partial charge in [0.05, 0.1) is 12.1 Å². The quantitative estimate of drug-likeness (QED) is 0.473. The molecule has 0 aliphatic rings. The Kier molecular flexibility index (Phi) is 5.84. The van der Waals surface area contributed by atoms with Crippen LogP contribution in [0, 0.1) is 20.8 Å². The van der Waals surface area contributed by atoms with E-state index in [0.717, 1.165) is 5.69 Å². The first-order valence-electron chi connectivity index (χ1n) is 10.0. The van der Waals surface area contributed by atoms with Crippen LogP contribution in [-0.4, -0.2) is 20.8 Å². The molecule has 0 spiro atoms. The van der Waals surface area contributed by atoms with Crippen LogP contribution in [0.5, 0.6) is 5.75 Å². The van der Waals surface area contributed by atoms with Crippen molar-refractivity contribution in [2.24, 2.45) is 0 Å². The van der Waals surface area contributed by atoms with Gasteiger partial charge in [-0.2, -0.15) is 5.10 Å². The van der Waals surface area contributed by atoms with E-state index in [1.165, 1.54) is 11.1 Å². The zero-order chi connectivity index (χ0) is 21.8. The molecule has 7 nitrogen and oxygen atoms in total. The molecule has 2 aromatic heterocycles. The third-order valence-corrected chi connectivity index (χ3v) is 5.13. The maximum Gasteiger partial charge on any atom is 0.279 e. The van der Waals surface area contributed by atoms with Crippen molar-refractivity contribution in [3.63, 3.8) is 0 Å². The number of hydrogen-bond acceptors (Lipinski definition) is 5. The van der Waals surface area contributed by atoms with Gasteiger partial charge in [-0.25, -0.2) is 0 Å². The number of nitrogens with one attached hydrogen (secondary N) is 1. The second-order valence-corrected chi connectivity index (χ2v) is 7.38. The number of aromatic nitrogens is 3. The van der Waals surface area contributed by atoms with Gasteiger partial charge in [0.1, 0.15) is 18.1 Å². The predicted octanol–water partition coefficient (Wildman–Crippen LogP) is 4.68. The molecular formula is C24H24N4O3. The van der Waals surface area contributed by atoms with Crippen LogP contribution in [0.4, 0.5) is 5.82 Å². The van der Waals surface area contributed by atoms with Gasteiger partial charge >= 0.3 is 0 Å². The summed E-state index contributed by atoms with van der Waals surface area (Å²) in [4.78, 5) is 12.9. The van der Waals surface area contributed by atoms with Crippen LogP contribution in [0.15, 0.2) is 65.2 Å². The number of rotatable bonds is 7. The van der Waals surface area contributed by atoms with Gasteiger partial charge in [0.2, 0.25) is 0 Å². The summed E-state index contributed by atoms with van der Waals surface area (Å²) in [5.41, 5.74) is 4.13. The second-order valence-electron chi connectivity index (χ2n) is 7.38. The van der Waals surface area contributed by atoms with Crippen molar-refractivity contribution in [1.82, 2.24) is 14.9 Å². The van der Waals surface area contributed by atoms with E-state index in [-0.39, 0.29) is 18.2 Å². The van der Waals surface area contributed by atoms with E-state index in [0.29, 0.717) is 29.4 Å². The molecule has 2 aromatic carbocycles. The maximum atomic E-state index is 12.9. The molecule has 1 amide bonds. The van der Waals surface area contributed by atoms with Crippen molar-refractivity contribution >= 4 is 11.7 Å². The van der Waals surface area contributed by atoms with E-state index in [1.807, 2.05) is 60.1 Å². The number of ether oxygens (including phenoxy) is 1. The molecule has 4 aromatic rings. The number of para-hydroxylation sites is 1. The van der Waals surface area contributed by atoms with E-state index in [9.17, 15) is 4.79 Å². The zero-order valence-electron chi connectivity index (χ0n) is 17.8. The van der Waals surface area contributed by atoms with Crippen LogP contribution < -0.4 is 10.1 Å². The van der Waals surface area contributed by atoms with Crippen LogP contribution in [0.2, 0.25) is 0 Å². The van der Waals surface area contributed by atoms with Crippen molar-refractivity contribution in [1.29, 1.82) is 0 Å². The zero-order valence-corrected chi connectivity index (χ0v) is 17.8. The van der Waals surface area contributed by atoms with Crippen LogP contribution >= 0.6 is 0 Å². The summed E-state index contributed by atoms with van der Waals surface area (Å²) in [6, 6.07) is 19.4. The number of aryl methyl sites for hydroxylation is 3. The maximum absolute atomic E-state index is 12.9. The van der Waals surface area contributed by atoms with E-state index in [2.05, 4.69) is 34.6 Å². The highest BCUT2D eigenvalue weighted by molar-refractivity contribution is 6.03. The molecule has 0 bridgehead atoms. The van der Waals surface area contributed by atoms with E-state index < -0.39 is 0 Å². The van der Waals surface area contributed by atoms with Crippen molar-refractivity contribution in [3.05, 3.63) is 94.5 Å². The Morgan fingerprint density at radius 2 is 1.81 bits per heavy atom. The van der Waals surface area contributed by atoms with Gasteiger partial charge in [-0.15, -0.1) is 0 Å². The summed E-state index contributed by atoms with van der Waals surface area (Å²) in [5.74, 6) is 1.33. The molecule has 1 N–H and O–H groups in total. The fraction of sp³-hybridized carbons (Fsp3) is 0.208. The monoisotopic (exact) mass is 416 g/mol. The van der Waals surface area contributed by atoms with Gasteiger partial charge in [0.25, 0.3) is 5.91 Å². The summed E-state index contributed by atoms with van der Waals surface area (Å²) >= 11 is 0. The highest BCUT2D eigenvalue weighted by Crippen LogP contribution is 2.20. The van der Waals surface area contributed by atoms with Gasteiger partial charge in [-0.1, -0.05) is 47.6 Å². The lowest BCUT2D eigenvalue weighted by atomic mass is 10.1. The summed E-state index contributed by atoms with van der Waals surface area (Å²) in [7, 11) is 0. The Labute approximate surface area is 180 Å². The Balaban J connectivity index is 1.47. The van der Waals surface area contributed by atoms with Crippen LogP contribution in [-0.2, 0) is 13.2 Å².